The summed E-state index contributed by atoms with van der Waals surface area (Å²) >= 11 is 0. The predicted molar refractivity (Wildman–Crippen MR) is 68.3 cm³/mol. The molecule has 0 amide bonds. The number of hydrogen-bond donors (Lipinski definition) is 1. The number of piperidine rings is 1. The van der Waals surface area contributed by atoms with Crippen molar-refractivity contribution in [3.8, 4) is 0 Å². The van der Waals surface area contributed by atoms with Crippen molar-refractivity contribution < 1.29 is 0 Å². The van der Waals surface area contributed by atoms with Crippen molar-refractivity contribution in [1.29, 1.82) is 0 Å². The van der Waals surface area contributed by atoms with Crippen LogP contribution in [0.4, 0.5) is 0 Å². The first-order valence-electron chi connectivity index (χ1n) is 7.41. The van der Waals surface area contributed by atoms with E-state index in [1.807, 2.05) is 0 Å². The van der Waals surface area contributed by atoms with Crippen LogP contribution in [0.2, 0.25) is 0 Å². The molecule has 1 saturated heterocycles. The summed E-state index contributed by atoms with van der Waals surface area (Å²) < 4.78 is 0. The van der Waals surface area contributed by atoms with Gasteiger partial charge in [0, 0.05) is 0 Å². The topological polar surface area (TPSA) is 12.0 Å². The van der Waals surface area contributed by atoms with Gasteiger partial charge in [0.25, 0.3) is 0 Å². The average molecular weight is 221 g/mol. The van der Waals surface area contributed by atoms with Gasteiger partial charge in [0.15, 0.2) is 0 Å². The molecule has 1 aliphatic heterocycles. The van der Waals surface area contributed by atoms with Gasteiger partial charge in [-0.05, 0) is 74.3 Å². The molecule has 92 valence electrons. The van der Waals surface area contributed by atoms with Gasteiger partial charge in [-0.2, -0.15) is 0 Å². The molecule has 0 radical (unpaired) electrons. The molecule has 16 heavy (non-hydrogen) atoms. The van der Waals surface area contributed by atoms with Crippen LogP contribution >= 0.6 is 0 Å². The van der Waals surface area contributed by atoms with Gasteiger partial charge >= 0.3 is 0 Å². The van der Waals surface area contributed by atoms with Crippen LogP contribution < -0.4 is 5.32 Å². The Bertz CT molecular complexity index is 260. The van der Waals surface area contributed by atoms with Crippen molar-refractivity contribution in [2.45, 2.75) is 52.4 Å². The summed E-state index contributed by atoms with van der Waals surface area (Å²) in [7, 11) is 0. The quantitative estimate of drug-likeness (QED) is 0.753. The first-order chi connectivity index (χ1) is 7.71. The largest absolute Gasteiger partial charge is 0.316 e. The van der Waals surface area contributed by atoms with Gasteiger partial charge in [0.1, 0.15) is 0 Å². The summed E-state index contributed by atoms with van der Waals surface area (Å²) in [6, 6.07) is 0. The molecule has 1 N–H and O–H groups in total. The molecule has 3 fully saturated rings. The summed E-state index contributed by atoms with van der Waals surface area (Å²) in [6.45, 7) is 7.39. The molecule has 4 atom stereocenters. The third-order valence-electron chi connectivity index (χ3n) is 5.75. The van der Waals surface area contributed by atoms with E-state index in [1.165, 1.54) is 25.9 Å². The lowest BCUT2D eigenvalue weighted by atomic mass is 9.60. The molecule has 2 bridgehead atoms. The molecule has 0 aromatic carbocycles. The highest BCUT2D eigenvalue weighted by atomic mass is 14.9. The van der Waals surface area contributed by atoms with Crippen molar-refractivity contribution in [3.05, 3.63) is 0 Å². The molecule has 2 saturated carbocycles. The lowest BCUT2D eigenvalue weighted by molar-refractivity contribution is 0.0279. The standard InChI is InChI=1S/C15H27N/c1-11(2)7-14-10-16-6-5-15(14)9-12-3-4-13(15)8-12/h11-14,16H,3-10H2,1-2H3. The molecule has 1 nitrogen and oxygen atoms in total. The van der Waals surface area contributed by atoms with Crippen LogP contribution in [0.3, 0.4) is 0 Å². The van der Waals surface area contributed by atoms with Gasteiger partial charge in [0.05, 0.1) is 0 Å². The van der Waals surface area contributed by atoms with E-state index in [4.69, 9.17) is 0 Å². The highest BCUT2D eigenvalue weighted by Crippen LogP contribution is 2.62. The van der Waals surface area contributed by atoms with Gasteiger partial charge in [0.2, 0.25) is 0 Å². The molecule has 1 spiro atoms. The van der Waals surface area contributed by atoms with E-state index in [0.29, 0.717) is 0 Å². The van der Waals surface area contributed by atoms with E-state index < -0.39 is 0 Å². The molecule has 3 rings (SSSR count). The third-order valence-corrected chi connectivity index (χ3v) is 5.75. The maximum absolute atomic E-state index is 3.65. The van der Waals surface area contributed by atoms with Crippen LogP contribution in [0, 0.1) is 29.1 Å². The zero-order chi connectivity index (χ0) is 11.2. The van der Waals surface area contributed by atoms with E-state index >= 15 is 0 Å². The fourth-order valence-electron chi connectivity index (χ4n) is 5.18. The molecule has 1 heterocycles. The van der Waals surface area contributed by atoms with Crippen LogP contribution in [0.5, 0.6) is 0 Å². The highest BCUT2D eigenvalue weighted by Gasteiger charge is 2.54. The molecule has 1 heteroatoms. The average Bonchev–Trinajstić information content (AvgIpc) is 2.81. The molecular formula is C15H27N. The van der Waals surface area contributed by atoms with Crippen LogP contribution in [-0.4, -0.2) is 13.1 Å². The van der Waals surface area contributed by atoms with Gasteiger partial charge in [-0.15, -0.1) is 0 Å². The van der Waals surface area contributed by atoms with Gasteiger partial charge in [-0.1, -0.05) is 20.3 Å². The minimum atomic E-state index is 0.776. The lowest BCUT2D eigenvalue weighted by Gasteiger charge is -2.48. The SMILES string of the molecule is CC(C)CC1CNCCC12CC1CCC2C1. The van der Waals surface area contributed by atoms with E-state index in [0.717, 1.165) is 29.1 Å². The minimum absolute atomic E-state index is 0.776. The van der Waals surface area contributed by atoms with E-state index in [1.54, 1.807) is 25.7 Å². The summed E-state index contributed by atoms with van der Waals surface area (Å²) in [6.07, 6.45) is 9.20. The zero-order valence-corrected chi connectivity index (χ0v) is 11.0. The predicted octanol–water partition coefficient (Wildman–Crippen LogP) is 3.45. The van der Waals surface area contributed by atoms with Gasteiger partial charge < -0.3 is 5.32 Å². The first kappa shape index (κ1) is 11.1. The second-order valence-electron chi connectivity index (χ2n) is 7.09. The Hall–Kier alpha value is -0.0400. The molecule has 0 aromatic heterocycles. The lowest BCUT2D eigenvalue weighted by Crippen LogP contribution is -2.48. The summed E-state index contributed by atoms with van der Waals surface area (Å²) in [5.41, 5.74) is 0.776. The maximum Gasteiger partial charge on any atom is -0.00150 e. The number of nitrogens with one attached hydrogen (secondary N) is 1. The van der Waals surface area contributed by atoms with Crippen LogP contribution in [0.1, 0.15) is 52.4 Å². The maximum atomic E-state index is 3.65. The molecule has 0 aromatic rings. The van der Waals surface area contributed by atoms with Gasteiger partial charge in [-0.25, -0.2) is 0 Å². The van der Waals surface area contributed by atoms with E-state index in [2.05, 4.69) is 19.2 Å². The Morgan fingerprint density at radius 2 is 2.19 bits per heavy atom. The van der Waals surface area contributed by atoms with Gasteiger partial charge in [-0.3, -0.25) is 0 Å². The number of rotatable bonds is 2. The smallest absolute Gasteiger partial charge is 0.00150 e. The second-order valence-corrected chi connectivity index (χ2v) is 7.09. The first-order valence-corrected chi connectivity index (χ1v) is 7.41. The Morgan fingerprint density at radius 1 is 1.31 bits per heavy atom. The molecule has 2 aliphatic carbocycles. The van der Waals surface area contributed by atoms with E-state index in [-0.39, 0.29) is 0 Å². The Kier molecular flexibility index (Phi) is 2.78. The van der Waals surface area contributed by atoms with Crippen LogP contribution in [0.25, 0.3) is 0 Å². The van der Waals surface area contributed by atoms with Crippen molar-refractivity contribution in [1.82, 2.24) is 5.32 Å². The second kappa shape index (κ2) is 4.01. The molecule has 3 aliphatic rings. The van der Waals surface area contributed by atoms with Crippen LogP contribution in [-0.2, 0) is 0 Å². The fourth-order valence-corrected chi connectivity index (χ4v) is 5.18. The monoisotopic (exact) mass is 221 g/mol. The Morgan fingerprint density at radius 3 is 2.81 bits per heavy atom. The Balaban J connectivity index is 1.79. The van der Waals surface area contributed by atoms with Crippen molar-refractivity contribution >= 4 is 0 Å². The molecular weight excluding hydrogens is 194 g/mol. The van der Waals surface area contributed by atoms with E-state index in [9.17, 15) is 0 Å². The summed E-state index contributed by atoms with van der Waals surface area (Å²) in [5, 5.41) is 3.65. The van der Waals surface area contributed by atoms with Crippen LogP contribution in [0.15, 0.2) is 0 Å². The summed E-state index contributed by atoms with van der Waals surface area (Å²) in [5.74, 6) is 4.07. The fraction of sp³-hybridized carbons (Fsp3) is 1.00. The Labute approximate surface area is 100 Å². The minimum Gasteiger partial charge on any atom is -0.316 e. The third kappa shape index (κ3) is 1.63. The highest BCUT2D eigenvalue weighted by molar-refractivity contribution is 5.05. The van der Waals surface area contributed by atoms with Crippen molar-refractivity contribution in [3.63, 3.8) is 0 Å². The zero-order valence-electron chi connectivity index (χ0n) is 11.0. The van der Waals surface area contributed by atoms with Crippen molar-refractivity contribution in [2.24, 2.45) is 29.1 Å². The van der Waals surface area contributed by atoms with Crippen molar-refractivity contribution in [2.75, 3.05) is 13.1 Å². The number of fused-ring (bicyclic) bond motifs is 3. The number of hydrogen-bond acceptors (Lipinski definition) is 1. The normalized spacial score (nSPS) is 47.1. The summed E-state index contributed by atoms with van der Waals surface area (Å²) in [4.78, 5) is 0. The molecule has 4 unspecified atom stereocenters.